The summed E-state index contributed by atoms with van der Waals surface area (Å²) < 4.78 is 12.5. The second-order valence-electron chi connectivity index (χ2n) is 12.2. The van der Waals surface area contributed by atoms with Crippen molar-refractivity contribution in [2.45, 2.75) is 116 Å². The van der Waals surface area contributed by atoms with Crippen LogP contribution in [0, 0.1) is 5.92 Å². The molecule has 1 aromatic carbocycles. The summed E-state index contributed by atoms with van der Waals surface area (Å²) in [6, 6.07) is 10.1. The Morgan fingerprint density at radius 3 is 2.09 bits per heavy atom. The number of benzene rings is 1. The first-order valence-electron chi connectivity index (χ1n) is 13.5. The molecule has 5 nitrogen and oxygen atoms in total. The van der Waals surface area contributed by atoms with Gasteiger partial charge in [-0.15, -0.1) is 0 Å². The van der Waals surface area contributed by atoms with Crippen LogP contribution in [0.4, 0.5) is 4.79 Å². The van der Waals surface area contributed by atoms with Crippen LogP contribution in [-0.2, 0) is 20.4 Å². The average molecular weight is 504 g/mol. The summed E-state index contributed by atoms with van der Waals surface area (Å²) in [7, 11) is -2.09. The zero-order chi connectivity index (χ0) is 26.4. The molecule has 0 spiro atoms. The molecular formula is C29H49NO4Si. The quantitative estimate of drug-likeness (QED) is 0.295. The van der Waals surface area contributed by atoms with Gasteiger partial charge in [0.15, 0.2) is 8.32 Å². The van der Waals surface area contributed by atoms with Gasteiger partial charge in [-0.05, 0) is 62.2 Å². The fourth-order valence-electron chi connectivity index (χ4n) is 5.92. The van der Waals surface area contributed by atoms with E-state index in [2.05, 4.69) is 53.7 Å². The number of Topliss-reactive ketones (excluding diaryl/α,β-unsaturated/α-hetero) is 1. The summed E-state index contributed by atoms with van der Waals surface area (Å²) in [6.45, 7) is 20.4. The molecule has 0 bridgehead atoms. The molecule has 1 aromatic rings. The summed E-state index contributed by atoms with van der Waals surface area (Å²) in [4.78, 5) is 28.3. The molecule has 0 aliphatic carbocycles. The van der Waals surface area contributed by atoms with Crippen LogP contribution in [0.25, 0.3) is 0 Å². The molecule has 0 saturated carbocycles. The number of carbonyl (C=O) groups is 2. The third-order valence-corrected chi connectivity index (χ3v) is 13.5. The molecule has 1 saturated heterocycles. The molecule has 0 aromatic heterocycles. The van der Waals surface area contributed by atoms with Crippen LogP contribution in [0.5, 0.6) is 0 Å². The van der Waals surface area contributed by atoms with Crippen LogP contribution in [0.2, 0.25) is 16.6 Å². The number of nitrogens with zero attached hydrogens (tertiary/aromatic N) is 1. The maximum Gasteiger partial charge on any atom is 0.410 e. The monoisotopic (exact) mass is 503 g/mol. The molecule has 1 aliphatic rings. The van der Waals surface area contributed by atoms with E-state index in [-0.39, 0.29) is 23.8 Å². The molecule has 2 rings (SSSR count). The van der Waals surface area contributed by atoms with Crippen molar-refractivity contribution >= 4 is 20.2 Å². The van der Waals surface area contributed by atoms with Crippen molar-refractivity contribution in [1.29, 1.82) is 0 Å². The van der Waals surface area contributed by atoms with E-state index in [0.717, 1.165) is 18.4 Å². The van der Waals surface area contributed by atoms with Crippen molar-refractivity contribution in [1.82, 2.24) is 4.90 Å². The molecule has 0 N–H and O–H groups in total. The molecule has 0 radical (unpaired) electrons. The largest absolute Gasteiger partial charge is 0.444 e. The second kappa shape index (κ2) is 12.5. The highest BCUT2D eigenvalue weighted by atomic mass is 28.4. The van der Waals surface area contributed by atoms with E-state index >= 15 is 0 Å². The van der Waals surface area contributed by atoms with Gasteiger partial charge >= 0.3 is 6.09 Å². The topological polar surface area (TPSA) is 55.8 Å². The minimum Gasteiger partial charge on any atom is -0.444 e. The molecular weight excluding hydrogens is 454 g/mol. The number of hydrogen-bond acceptors (Lipinski definition) is 4. The van der Waals surface area contributed by atoms with Crippen LogP contribution >= 0.6 is 0 Å². The third kappa shape index (κ3) is 7.91. The lowest BCUT2D eigenvalue weighted by molar-refractivity contribution is -0.124. The number of rotatable bonds is 11. The summed E-state index contributed by atoms with van der Waals surface area (Å²) in [6.07, 6.45) is 2.46. The number of amides is 1. The zero-order valence-corrected chi connectivity index (χ0v) is 24.6. The van der Waals surface area contributed by atoms with E-state index < -0.39 is 13.9 Å². The van der Waals surface area contributed by atoms with Gasteiger partial charge in [-0.3, -0.25) is 4.79 Å². The van der Waals surface area contributed by atoms with Crippen molar-refractivity contribution in [2.24, 2.45) is 5.92 Å². The Kier molecular flexibility index (Phi) is 10.6. The molecule has 1 unspecified atom stereocenters. The minimum atomic E-state index is -2.09. The highest BCUT2D eigenvalue weighted by molar-refractivity contribution is 6.77. The molecule has 1 amide bonds. The predicted octanol–water partition coefficient (Wildman–Crippen LogP) is 7.40. The summed E-state index contributed by atoms with van der Waals surface area (Å²) in [5, 5.41) is 0. The summed E-state index contributed by atoms with van der Waals surface area (Å²) >= 11 is 0. The highest BCUT2D eigenvalue weighted by Gasteiger charge is 2.46. The van der Waals surface area contributed by atoms with Gasteiger partial charge in [0.1, 0.15) is 11.4 Å². The Bertz CT molecular complexity index is 794. The van der Waals surface area contributed by atoms with Crippen LogP contribution < -0.4 is 0 Å². The smallest absolute Gasteiger partial charge is 0.410 e. The van der Waals surface area contributed by atoms with Gasteiger partial charge in [0.2, 0.25) is 0 Å². The van der Waals surface area contributed by atoms with Crippen LogP contribution in [0.15, 0.2) is 30.3 Å². The number of likely N-dealkylation sites (tertiary alicyclic amines) is 1. The first-order chi connectivity index (χ1) is 16.3. The number of ketones is 1. The van der Waals surface area contributed by atoms with Crippen LogP contribution in [0.3, 0.4) is 0 Å². The Morgan fingerprint density at radius 1 is 1.00 bits per heavy atom. The molecule has 1 heterocycles. The van der Waals surface area contributed by atoms with Crippen LogP contribution in [-0.4, -0.2) is 49.9 Å². The van der Waals surface area contributed by atoms with Crippen LogP contribution in [0.1, 0.15) is 87.1 Å². The van der Waals surface area contributed by atoms with Gasteiger partial charge in [-0.1, -0.05) is 71.9 Å². The van der Waals surface area contributed by atoms with Gasteiger partial charge < -0.3 is 14.1 Å². The van der Waals surface area contributed by atoms with Crippen molar-refractivity contribution in [3.05, 3.63) is 35.9 Å². The van der Waals surface area contributed by atoms with Gasteiger partial charge in [0, 0.05) is 31.5 Å². The maximum absolute atomic E-state index is 13.7. The molecule has 6 heteroatoms. The normalized spacial score (nSPS) is 17.9. The van der Waals surface area contributed by atoms with Gasteiger partial charge in [0.05, 0.1) is 0 Å². The van der Waals surface area contributed by atoms with E-state index in [9.17, 15) is 9.59 Å². The average Bonchev–Trinajstić information content (AvgIpc) is 3.20. The second-order valence-corrected chi connectivity index (χ2v) is 17.6. The highest BCUT2D eigenvalue weighted by Crippen LogP contribution is 2.42. The first kappa shape index (κ1) is 29.6. The fourth-order valence-corrected chi connectivity index (χ4v) is 11.4. The summed E-state index contributed by atoms with van der Waals surface area (Å²) in [5.74, 6) is -0.0323. The number of ether oxygens (including phenoxy) is 1. The lowest BCUT2D eigenvalue weighted by Crippen LogP contribution is -2.49. The lowest BCUT2D eigenvalue weighted by atomic mass is 9.92. The number of hydrogen-bond donors (Lipinski definition) is 0. The van der Waals surface area contributed by atoms with Crippen molar-refractivity contribution < 1.29 is 18.8 Å². The Balaban J connectivity index is 2.22. The van der Waals surface area contributed by atoms with E-state index in [1.165, 1.54) is 0 Å². The third-order valence-electron chi connectivity index (χ3n) is 7.46. The van der Waals surface area contributed by atoms with E-state index in [4.69, 9.17) is 9.16 Å². The molecule has 1 fully saturated rings. The fraction of sp³-hybridized carbons (Fsp3) is 0.724. The van der Waals surface area contributed by atoms with Gasteiger partial charge in [-0.25, -0.2) is 4.79 Å². The standard InChI is InChI=1S/C29H49NO4Si/c1-21(2)35(22(3)4,23(5)6)33-20-25(18-24-14-11-10-12-15-24)27(31)19-26-16-13-17-30(26)28(32)34-29(7,8)9/h10-12,14-15,21-23,25-26H,13,16-20H2,1-9H3/t25?,26-/m0/s1. The lowest BCUT2D eigenvalue weighted by Gasteiger charge is -2.43. The van der Waals surface area contributed by atoms with E-state index in [1.54, 1.807) is 4.90 Å². The predicted molar refractivity (Wildman–Crippen MR) is 146 cm³/mol. The maximum atomic E-state index is 13.7. The Morgan fingerprint density at radius 2 is 1.57 bits per heavy atom. The Labute approximate surface area is 215 Å². The molecule has 198 valence electrons. The minimum absolute atomic E-state index is 0.0991. The Hall–Kier alpha value is -1.66. The van der Waals surface area contributed by atoms with Crippen molar-refractivity contribution in [2.75, 3.05) is 13.2 Å². The van der Waals surface area contributed by atoms with Gasteiger partial charge in [0.25, 0.3) is 0 Å². The SMILES string of the molecule is CC(C)[Si](OCC(Cc1ccccc1)C(=O)C[C@@H]1CCCN1C(=O)OC(C)(C)C)(C(C)C)C(C)C. The summed E-state index contributed by atoms with van der Waals surface area (Å²) in [5.41, 5.74) is 2.00. The number of carbonyl (C=O) groups excluding carboxylic acids is 2. The van der Waals surface area contributed by atoms with E-state index in [1.807, 2.05) is 39.0 Å². The van der Waals surface area contributed by atoms with Crippen molar-refractivity contribution in [3.63, 3.8) is 0 Å². The molecule has 35 heavy (non-hydrogen) atoms. The van der Waals surface area contributed by atoms with Gasteiger partial charge in [-0.2, -0.15) is 0 Å². The molecule has 1 aliphatic heterocycles. The zero-order valence-electron chi connectivity index (χ0n) is 23.6. The first-order valence-corrected chi connectivity index (χ1v) is 15.6. The van der Waals surface area contributed by atoms with Crippen molar-refractivity contribution in [3.8, 4) is 0 Å². The molecule has 2 atom stereocenters. The van der Waals surface area contributed by atoms with E-state index in [0.29, 0.717) is 42.6 Å².